The number of anilines is 1. The van der Waals surface area contributed by atoms with Gasteiger partial charge in [0.2, 0.25) is 0 Å². The van der Waals surface area contributed by atoms with E-state index in [0.717, 1.165) is 0 Å². The third-order valence-electron chi connectivity index (χ3n) is 3.97. The standard InChI is InChI=1S/C19H22N2O5/c1-5-25-18(23)16-12(2)17(20-13(16)3)19(24)26-11-15(22)21(4)14-9-7-6-8-10-14/h6-10,20H,5,11H2,1-4H3. The van der Waals surface area contributed by atoms with E-state index in [1.54, 1.807) is 40.0 Å². The molecule has 7 heteroatoms. The molecule has 0 unspecified atom stereocenters. The number of carbonyl (C=O) groups is 3. The molecule has 1 aromatic heterocycles. The molecule has 0 radical (unpaired) electrons. The van der Waals surface area contributed by atoms with Crippen LogP contribution < -0.4 is 4.90 Å². The minimum atomic E-state index is -0.698. The van der Waals surface area contributed by atoms with Crippen LogP contribution in [0.15, 0.2) is 30.3 Å². The summed E-state index contributed by atoms with van der Waals surface area (Å²) in [6.07, 6.45) is 0. The number of carbonyl (C=O) groups excluding carboxylic acids is 3. The molecule has 2 aromatic rings. The van der Waals surface area contributed by atoms with Gasteiger partial charge in [0.1, 0.15) is 5.69 Å². The molecule has 138 valence electrons. The number of rotatable bonds is 6. The molecule has 1 N–H and O–H groups in total. The van der Waals surface area contributed by atoms with Crippen LogP contribution in [0.2, 0.25) is 0 Å². The fourth-order valence-electron chi connectivity index (χ4n) is 2.56. The van der Waals surface area contributed by atoms with Gasteiger partial charge in [0.25, 0.3) is 5.91 Å². The molecule has 1 amide bonds. The number of amides is 1. The number of nitrogens with zero attached hydrogens (tertiary/aromatic N) is 1. The number of ether oxygens (including phenoxy) is 2. The number of hydrogen-bond acceptors (Lipinski definition) is 5. The van der Waals surface area contributed by atoms with Crippen LogP contribution >= 0.6 is 0 Å². The first-order valence-electron chi connectivity index (χ1n) is 8.21. The van der Waals surface area contributed by atoms with Crippen LogP contribution in [0.1, 0.15) is 39.0 Å². The summed E-state index contributed by atoms with van der Waals surface area (Å²) in [6, 6.07) is 9.03. The van der Waals surface area contributed by atoms with Crippen LogP contribution in [0.25, 0.3) is 0 Å². The highest BCUT2D eigenvalue weighted by Gasteiger charge is 2.24. The van der Waals surface area contributed by atoms with Crippen LogP contribution in [-0.4, -0.2) is 43.1 Å². The van der Waals surface area contributed by atoms with Gasteiger partial charge in [-0.1, -0.05) is 18.2 Å². The Morgan fingerprint density at radius 1 is 1.04 bits per heavy atom. The van der Waals surface area contributed by atoms with Crippen molar-refractivity contribution in [2.75, 3.05) is 25.2 Å². The van der Waals surface area contributed by atoms with Crippen molar-refractivity contribution in [2.45, 2.75) is 20.8 Å². The molecule has 7 nitrogen and oxygen atoms in total. The number of aromatic amines is 1. The Labute approximate surface area is 151 Å². The second-order valence-corrected chi connectivity index (χ2v) is 5.71. The van der Waals surface area contributed by atoms with Gasteiger partial charge >= 0.3 is 11.9 Å². The average Bonchev–Trinajstić information content (AvgIpc) is 2.94. The minimum absolute atomic E-state index is 0.140. The molecule has 1 aromatic carbocycles. The van der Waals surface area contributed by atoms with Gasteiger partial charge in [0, 0.05) is 18.4 Å². The van der Waals surface area contributed by atoms with Gasteiger partial charge in [-0.05, 0) is 38.5 Å². The van der Waals surface area contributed by atoms with E-state index in [1.165, 1.54) is 4.90 Å². The number of H-pyrrole nitrogens is 1. The number of nitrogens with one attached hydrogen (secondary N) is 1. The van der Waals surface area contributed by atoms with Crippen molar-refractivity contribution in [1.29, 1.82) is 0 Å². The second kappa shape index (κ2) is 8.33. The first-order valence-corrected chi connectivity index (χ1v) is 8.21. The molecule has 0 bridgehead atoms. The van der Waals surface area contributed by atoms with Gasteiger partial charge in [0.15, 0.2) is 6.61 Å². The summed E-state index contributed by atoms with van der Waals surface area (Å²) in [4.78, 5) is 40.7. The molecule has 1 heterocycles. The van der Waals surface area contributed by atoms with Gasteiger partial charge < -0.3 is 19.4 Å². The molecular formula is C19H22N2O5. The molecule has 0 saturated carbocycles. The van der Waals surface area contributed by atoms with E-state index < -0.39 is 18.5 Å². The van der Waals surface area contributed by atoms with Gasteiger partial charge in [0.05, 0.1) is 12.2 Å². The first-order chi connectivity index (χ1) is 12.4. The molecule has 0 spiro atoms. The molecule has 0 aliphatic rings. The highest BCUT2D eigenvalue weighted by Crippen LogP contribution is 2.20. The lowest BCUT2D eigenvalue weighted by molar-refractivity contribution is -0.121. The molecule has 2 rings (SSSR count). The first kappa shape index (κ1) is 19.2. The Morgan fingerprint density at radius 2 is 1.69 bits per heavy atom. The van der Waals surface area contributed by atoms with E-state index in [2.05, 4.69) is 4.98 Å². The highest BCUT2D eigenvalue weighted by atomic mass is 16.5. The lowest BCUT2D eigenvalue weighted by Crippen LogP contribution is -2.31. The van der Waals surface area contributed by atoms with Crippen molar-refractivity contribution in [2.24, 2.45) is 0 Å². The number of benzene rings is 1. The predicted molar refractivity (Wildman–Crippen MR) is 96.4 cm³/mol. The summed E-state index contributed by atoms with van der Waals surface area (Å²) in [5.41, 5.74) is 2.10. The lowest BCUT2D eigenvalue weighted by Gasteiger charge is -2.17. The average molecular weight is 358 g/mol. The fraction of sp³-hybridized carbons (Fsp3) is 0.316. The molecular weight excluding hydrogens is 336 g/mol. The number of esters is 2. The lowest BCUT2D eigenvalue weighted by atomic mass is 10.1. The maximum Gasteiger partial charge on any atom is 0.355 e. The number of hydrogen-bond donors (Lipinski definition) is 1. The van der Waals surface area contributed by atoms with Gasteiger partial charge in [-0.25, -0.2) is 9.59 Å². The zero-order valence-corrected chi connectivity index (χ0v) is 15.3. The van der Waals surface area contributed by atoms with Crippen LogP contribution in [0.4, 0.5) is 5.69 Å². The topological polar surface area (TPSA) is 88.7 Å². The minimum Gasteiger partial charge on any atom is -0.462 e. The maximum absolute atomic E-state index is 12.3. The van der Waals surface area contributed by atoms with Crippen LogP contribution in [0.3, 0.4) is 0 Å². The van der Waals surface area contributed by atoms with Crippen LogP contribution in [-0.2, 0) is 14.3 Å². The van der Waals surface area contributed by atoms with Gasteiger partial charge in [-0.15, -0.1) is 0 Å². The third kappa shape index (κ3) is 4.11. The summed E-state index contributed by atoms with van der Waals surface area (Å²) in [5, 5.41) is 0. The zero-order chi connectivity index (χ0) is 19.3. The fourth-order valence-corrected chi connectivity index (χ4v) is 2.56. The Morgan fingerprint density at radius 3 is 2.31 bits per heavy atom. The zero-order valence-electron chi connectivity index (χ0n) is 15.3. The maximum atomic E-state index is 12.3. The van der Waals surface area contributed by atoms with Crippen molar-refractivity contribution in [3.05, 3.63) is 52.8 Å². The van der Waals surface area contributed by atoms with E-state index in [1.807, 2.05) is 18.2 Å². The normalized spacial score (nSPS) is 10.3. The third-order valence-corrected chi connectivity index (χ3v) is 3.97. The molecule has 0 fully saturated rings. The Balaban J connectivity index is 2.05. The highest BCUT2D eigenvalue weighted by molar-refractivity contribution is 6.00. The molecule has 0 saturated heterocycles. The number of aryl methyl sites for hydroxylation is 1. The Bertz CT molecular complexity index is 811. The number of aromatic nitrogens is 1. The van der Waals surface area contributed by atoms with E-state index in [4.69, 9.17) is 9.47 Å². The van der Waals surface area contributed by atoms with Crippen molar-refractivity contribution < 1.29 is 23.9 Å². The summed E-state index contributed by atoms with van der Waals surface area (Å²) in [6.45, 7) is 4.84. The van der Waals surface area contributed by atoms with Crippen molar-refractivity contribution >= 4 is 23.5 Å². The second-order valence-electron chi connectivity index (χ2n) is 5.71. The summed E-state index contributed by atoms with van der Waals surface area (Å²) in [5.74, 6) is -1.57. The Kier molecular flexibility index (Phi) is 6.16. The van der Waals surface area contributed by atoms with E-state index in [9.17, 15) is 14.4 Å². The quantitative estimate of drug-likeness (QED) is 0.802. The largest absolute Gasteiger partial charge is 0.462 e. The van der Waals surface area contributed by atoms with Crippen molar-refractivity contribution in [1.82, 2.24) is 4.98 Å². The predicted octanol–water partition coefficient (Wildman–Crippen LogP) is 2.63. The van der Waals surface area contributed by atoms with E-state index in [-0.39, 0.29) is 18.2 Å². The molecule has 26 heavy (non-hydrogen) atoms. The van der Waals surface area contributed by atoms with Crippen LogP contribution in [0.5, 0.6) is 0 Å². The molecule has 0 aliphatic carbocycles. The monoisotopic (exact) mass is 358 g/mol. The number of para-hydroxylation sites is 1. The summed E-state index contributed by atoms with van der Waals surface area (Å²) in [7, 11) is 1.61. The number of likely N-dealkylation sites (N-methyl/N-ethyl adjacent to an activating group) is 1. The molecule has 0 aliphatic heterocycles. The van der Waals surface area contributed by atoms with E-state index >= 15 is 0 Å². The van der Waals surface area contributed by atoms with Crippen molar-refractivity contribution in [3.63, 3.8) is 0 Å². The Hall–Kier alpha value is -3.09. The van der Waals surface area contributed by atoms with Crippen LogP contribution in [0, 0.1) is 13.8 Å². The molecule has 0 atom stereocenters. The SMILES string of the molecule is CCOC(=O)c1c(C)[nH]c(C(=O)OCC(=O)N(C)c2ccccc2)c1C. The summed E-state index contributed by atoms with van der Waals surface area (Å²) < 4.78 is 10.1. The smallest absolute Gasteiger partial charge is 0.355 e. The van der Waals surface area contributed by atoms with E-state index in [0.29, 0.717) is 22.5 Å². The van der Waals surface area contributed by atoms with Gasteiger partial charge in [-0.2, -0.15) is 0 Å². The van der Waals surface area contributed by atoms with Gasteiger partial charge in [-0.3, -0.25) is 4.79 Å². The summed E-state index contributed by atoms with van der Waals surface area (Å²) >= 11 is 0. The van der Waals surface area contributed by atoms with Crippen molar-refractivity contribution in [3.8, 4) is 0 Å².